The van der Waals surface area contributed by atoms with Crippen molar-refractivity contribution in [3.8, 4) is 0 Å². The molecule has 0 aliphatic rings. The highest BCUT2D eigenvalue weighted by molar-refractivity contribution is 7.98. The third-order valence-corrected chi connectivity index (χ3v) is 4.60. The van der Waals surface area contributed by atoms with Crippen molar-refractivity contribution in [1.82, 2.24) is 10.3 Å². The molecule has 0 bridgehead atoms. The highest BCUT2D eigenvalue weighted by Crippen LogP contribution is 2.17. The van der Waals surface area contributed by atoms with Crippen LogP contribution >= 0.6 is 11.8 Å². The minimum Gasteiger partial charge on any atom is -0.348 e. The van der Waals surface area contributed by atoms with Crippen molar-refractivity contribution in [2.75, 3.05) is 11.6 Å². The molecule has 2 aromatic carbocycles. The lowest BCUT2D eigenvalue weighted by Crippen LogP contribution is -2.24. The molecule has 0 saturated carbocycles. The van der Waals surface area contributed by atoms with Gasteiger partial charge in [0.1, 0.15) is 5.03 Å². The van der Waals surface area contributed by atoms with Crippen molar-refractivity contribution in [2.45, 2.75) is 11.6 Å². The summed E-state index contributed by atoms with van der Waals surface area (Å²) in [7, 11) is 0. The van der Waals surface area contributed by atoms with Gasteiger partial charge in [-0.1, -0.05) is 30.3 Å². The zero-order valence-electron chi connectivity index (χ0n) is 14.8. The first kappa shape index (κ1) is 18.7. The molecule has 0 aliphatic carbocycles. The summed E-state index contributed by atoms with van der Waals surface area (Å²) in [6.07, 6.45) is 3.55. The zero-order chi connectivity index (χ0) is 19.1. The van der Waals surface area contributed by atoms with Crippen LogP contribution in [0.5, 0.6) is 0 Å². The van der Waals surface area contributed by atoms with E-state index in [0.717, 1.165) is 11.3 Å². The van der Waals surface area contributed by atoms with Crippen LogP contribution < -0.4 is 10.6 Å². The number of hydrogen-bond acceptors (Lipinski definition) is 4. The number of hydrogen-bond donors (Lipinski definition) is 2. The van der Waals surface area contributed by atoms with Crippen LogP contribution in [0.3, 0.4) is 0 Å². The summed E-state index contributed by atoms with van der Waals surface area (Å²) in [6, 6.07) is 20.0. The molecule has 1 heterocycles. The lowest BCUT2D eigenvalue weighted by Gasteiger charge is -2.09. The monoisotopic (exact) mass is 377 g/mol. The lowest BCUT2D eigenvalue weighted by atomic mass is 10.1. The Morgan fingerprint density at radius 1 is 0.963 bits per heavy atom. The number of amides is 2. The van der Waals surface area contributed by atoms with Crippen LogP contribution in [0.1, 0.15) is 26.3 Å². The van der Waals surface area contributed by atoms with E-state index in [2.05, 4.69) is 15.6 Å². The fourth-order valence-corrected chi connectivity index (χ4v) is 3.10. The number of carbonyl (C=O) groups excluding carboxylic acids is 2. The molecule has 0 fully saturated rings. The third-order valence-electron chi connectivity index (χ3n) is 3.88. The van der Waals surface area contributed by atoms with Crippen LogP contribution in [-0.2, 0) is 6.54 Å². The van der Waals surface area contributed by atoms with Crippen LogP contribution in [0.2, 0.25) is 0 Å². The smallest absolute Gasteiger partial charge is 0.255 e. The van der Waals surface area contributed by atoms with Gasteiger partial charge in [-0.3, -0.25) is 9.59 Å². The normalized spacial score (nSPS) is 10.3. The molecular weight excluding hydrogens is 358 g/mol. The van der Waals surface area contributed by atoms with Crippen molar-refractivity contribution in [3.63, 3.8) is 0 Å². The molecule has 0 saturated heterocycles. The van der Waals surface area contributed by atoms with Gasteiger partial charge in [0.25, 0.3) is 11.8 Å². The molecule has 1 aromatic heterocycles. The van der Waals surface area contributed by atoms with E-state index in [1.165, 1.54) is 11.8 Å². The summed E-state index contributed by atoms with van der Waals surface area (Å²) in [4.78, 5) is 29.0. The summed E-state index contributed by atoms with van der Waals surface area (Å²) in [6.45, 7) is 0.327. The van der Waals surface area contributed by atoms with Gasteiger partial charge in [0.15, 0.2) is 0 Å². The fraction of sp³-hybridized carbons (Fsp3) is 0.0952. The molecule has 0 unspecified atom stereocenters. The average molecular weight is 377 g/mol. The number of aromatic nitrogens is 1. The summed E-state index contributed by atoms with van der Waals surface area (Å²) >= 11 is 1.43. The number of benzene rings is 2. The molecule has 6 heteroatoms. The molecule has 136 valence electrons. The van der Waals surface area contributed by atoms with Crippen molar-refractivity contribution in [1.29, 1.82) is 0 Å². The van der Waals surface area contributed by atoms with Crippen LogP contribution in [0.25, 0.3) is 0 Å². The van der Waals surface area contributed by atoms with Gasteiger partial charge in [0.2, 0.25) is 0 Å². The highest BCUT2D eigenvalue weighted by Gasteiger charge is 2.12. The number of anilines is 1. The Kier molecular flexibility index (Phi) is 6.22. The zero-order valence-corrected chi connectivity index (χ0v) is 15.6. The first-order chi connectivity index (χ1) is 13.2. The first-order valence-electron chi connectivity index (χ1n) is 8.40. The number of nitrogens with zero attached hydrogens (tertiary/aromatic N) is 1. The largest absolute Gasteiger partial charge is 0.348 e. The Morgan fingerprint density at radius 3 is 2.56 bits per heavy atom. The van der Waals surface area contributed by atoms with Gasteiger partial charge < -0.3 is 10.6 Å². The molecule has 0 atom stereocenters. The van der Waals surface area contributed by atoms with Gasteiger partial charge in [-0.05, 0) is 48.2 Å². The molecule has 27 heavy (non-hydrogen) atoms. The van der Waals surface area contributed by atoms with E-state index in [-0.39, 0.29) is 11.8 Å². The first-order valence-corrected chi connectivity index (χ1v) is 9.62. The Labute approximate surface area is 162 Å². The van der Waals surface area contributed by atoms with E-state index in [1.807, 2.05) is 42.7 Å². The number of nitrogens with one attached hydrogen (secondary N) is 2. The summed E-state index contributed by atoms with van der Waals surface area (Å²) in [5.41, 5.74) is 2.67. The second-order valence-corrected chi connectivity index (χ2v) is 6.56. The van der Waals surface area contributed by atoms with E-state index in [4.69, 9.17) is 0 Å². The van der Waals surface area contributed by atoms with Crippen LogP contribution in [-0.4, -0.2) is 23.1 Å². The highest BCUT2D eigenvalue weighted by atomic mass is 32.2. The second kappa shape index (κ2) is 9.00. The maximum atomic E-state index is 12.4. The Balaban J connectivity index is 1.65. The standard InChI is InChI=1S/C21H19N3O2S/c1-27-21-18(11-6-12-22-21)20(26)23-14-15-7-5-8-16(13-15)19(25)24-17-9-3-2-4-10-17/h2-13H,14H2,1H3,(H,23,26)(H,24,25). The van der Waals surface area contributed by atoms with E-state index >= 15 is 0 Å². The molecule has 5 nitrogen and oxygen atoms in total. The Hall–Kier alpha value is -3.12. The summed E-state index contributed by atoms with van der Waals surface area (Å²) in [5, 5.41) is 6.42. The molecule has 2 N–H and O–H groups in total. The number of thioether (sulfide) groups is 1. The summed E-state index contributed by atoms with van der Waals surface area (Å²) < 4.78 is 0. The number of para-hydroxylation sites is 1. The molecule has 0 radical (unpaired) electrons. The molecule has 3 aromatic rings. The van der Waals surface area contributed by atoms with Gasteiger partial charge >= 0.3 is 0 Å². The van der Waals surface area contributed by atoms with Crippen molar-refractivity contribution < 1.29 is 9.59 Å². The van der Waals surface area contributed by atoms with Crippen molar-refractivity contribution in [3.05, 3.63) is 89.6 Å². The van der Waals surface area contributed by atoms with Crippen molar-refractivity contribution in [2.24, 2.45) is 0 Å². The minimum atomic E-state index is -0.189. The van der Waals surface area contributed by atoms with Gasteiger partial charge in [-0.2, -0.15) is 0 Å². The number of pyridine rings is 1. The maximum Gasteiger partial charge on any atom is 0.255 e. The molecule has 0 spiro atoms. The predicted molar refractivity (Wildman–Crippen MR) is 108 cm³/mol. The van der Waals surface area contributed by atoms with E-state index in [1.54, 1.807) is 36.5 Å². The molecular formula is C21H19N3O2S. The SMILES string of the molecule is CSc1ncccc1C(=O)NCc1cccc(C(=O)Nc2ccccc2)c1. The molecule has 3 rings (SSSR count). The average Bonchev–Trinajstić information content (AvgIpc) is 2.73. The fourth-order valence-electron chi connectivity index (χ4n) is 2.55. The van der Waals surface area contributed by atoms with Gasteiger partial charge in [0, 0.05) is 24.0 Å². The van der Waals surface area contributed by atoms with Crippen molar-refractivity contribution >= 4 is 29.3 Å². The van der Waals surface area contributed by atoms with Crippen LogP contribution in [0.15, 0.2) is 78.0 Å². The van der Waals surface area contributed by atoms with E-state index in [0.29, 0.717) is 22.7 Å². The second-order valence-electron chi connectivity index (χ2n) is 5.76. The molecule has 0 aliphatic heterocycles. The van der Waals surface area contributed by atoms with Gasteiger partial charge in [-0.25, -0.2) is 4.98 Å². The quantitative estimate of drug-likeness (QED) is 0.637. The number of carbonyl (C=O) groups is 2. The topological polar surface area (TPSA) is 71.1 Å². The van der Waals surface area contributed by atoms with Gasteiger partial charge in [0.05, 0.1) is 5.56 Å². The van der Waals surface area contributed by atoms with Crippen LogP contribution in [0.4, 0.5) is 5.69 Å². The van der Waals surface area contributed by atoms with E-state index < -0.39 is 0 Å². The van der Waals surface area contributed by atoms with Gasteiger partial charge in [-0.15, -0.1) is 11.8 Å². The number of rotatable bonds is 6. The minimum absolute atomic E-state index is 0.188. The Bertz CT molecular complexity index is 945. The third kappa shape index (κ3) is 4.95. The Morgan fingerprint density at radius 2 is 1.78 bits per heavy atom. The molecule has 2 amide bonds. The maximum absolute atomic E-state index is 12.4. The lowest BCUT2D eigenvalue weighted by molar-refractivity contribution is 0.0947. The van der Waals surface area contributed by atoms with E-state index in [9.17, 15) is 9.59 Å². The summed E-state index contributed by atoms with van der Waals surface area (Å²) in [5.74, 6) is -0.377. The predicted octanol–water partition coefficient (Wildman–Crippen LogP) is 3.99. The van der Waals surface area contributed by atoms with Crippen LogP contribution in [0, 0.1) is 0 Å².